The molecule has 0 heterocycles. The van der Waals surface area contributed by atoms with Crippen LogP contribution in [0.2, 0.25) is 0 Å². The third kappa shape index (κ3) is 10.4. The van der Waals surface area contributed by atoms with Crippen molar-refractivity contribution in [2.24, 2.45) is 0 Å². The number of carbonyl (C=O) groups excluding carboxylic acids is 1. The molecule has 0 atom stereocenters. The van der Waals surface area contributed by atoms with Crippen LogP contribution in [0.5, 0.6) is 5.75 Å². The molecule has 0 aliphatic carbocycles. The van der Waals surface area contributed by atoms with Crippen LogP contribution in [0.3, 0.4) is 0 Å². The van der Waals surface area contributed by atoms with Gasteiger partial charge in [0.05, 0.1) is 0 Å². The van der Waals surface area contributed by atoms with Crippen molar-refractivity contribution in [3.8, 4) is 5.75 Å². The lowest BCUT2D eigenvalue weighted by Gasteiger charge is -2.08. The lowest BCUT2D eigenvalue weighted by atomic mass is 10.1. The quantitative estimate of drug-likeness (QED) is 0.767. The van der Waals surface area contributed by atoms with Crippen LogP contribution in [-0.4, -0.2) is 36.4 Å². The molecule has 1 N–H and O–H groups in total. The third-order valence-electron chi connectivity index (χ3n) is 3.52. The molecule has 0 saturated carbocycles. The highest BCUT2D eigenvalue weighted by Gasteiger charge is 2.00. The normalized spacial score (nSPS) is 9.56. The lowest BCUT2D eigenvalue weighted by Crippen LogP contribution is -2.13. The number of carbonyl (C=O) groups is 1. The van der Waals surface area contributed by atoms with Gasteiger partial charge in [-0.05, 0) is 76.7 Å². The Bertz CT molecular complexity index is 607. The molecule has 0 spiro atoms. The standard InChI is InChI=1S/C11H17N.C9H10O2.C2H6/c1-12(2)10-6-9-11-7-4-3-5-8-11;1-6-5-8(7(2)10)3-4-9(6)11;1-2/h3-5,7-8H,6,9-10H2,1-2H3;3-5,11H,1-2H3;1-2H3. The molecule has 0 aliphatic heterocycles. The molecule has 0 amide bonds. The fourth-order valence-corrected chi connectivity index (χ4v) is 2.12. The summed E-state index contributed by atoms with van der Waals surface area (Å²) < 4.78 is 0. The van der Waals surface area contributed by atoms with Gasteiger partial charge >= 0.3 is 0 Å². The molecule has 2 aromatic rings. The van der Waals surface area contributed by atoms with E-state index in [4.69, 9.17) is 5.11 Å². The molecule has 3 heteroatoms. The fraction of sp³-hybridized carbons (Fsp3) is 0.409. The predicted octanol–water partition coefficient (Wildman–Crippen LogP) is 5.11. The number of benzene rings is 2. The number of rotatable bonds is 5. The number of aromatic hydroxyl groups is 1. The Kier molecular flexibility index (Phi) is 12.1. The van der Waals surface area contributed by atoms with Gasteiger partial charge in [-0.25, -0.2) is 0 Å². The SMILES string of the molecule is CC.CC(=O)c1ccc(O)c(C)c1.CN(C)CCCc1ccccc1. The van der Waals surface area contributed by atoms with E-state index in [9.17, 15) is 4.79 Å². The molecule has 25 heavy (non-hydrogen) atoms. The van der Waals surface area contributed by atoms with Crippen LogP contribution in [0.25, 0.3) is 0 Å². The Morgan fingerprint density at radius 1 is 1.04 bits per heavy atom. The zero-order valence-corrected chi connectivity index (χ0v) is 16.5. The van der Waals surface area contributed by atoms with Crippen LogP contribution in [0.15, 0.2) is 48.5 Å². The van der Waals surface area contributed by atoms with E-state index in [-0.39, 0.29) is 11.5 Å². The summed E-state index contributed by atoms with van der Waals surface area (Å²) in [5.41, 5.74) is 2.82. The summed E-state index contributed by atoms with van der Waals surface area (Å²) in [6, 6.07) is 15.5. The molecule has 0 unspecified atom stereocenters. The zero-order valence-electron chi connectivity index (χ0n) is 16.5. The predicted molar refractivity (Wildman–Crippen MR) is 108 cm³/mol. The molecule has 0 bridgehead atoms. The molecule has 0 aliphatic rings. The highest BCUT2D eigenvalue weighted by molar-refractivity contribution is 5.94. The number of Topliss-reactive ketones (excluding diaryl/α,β-unsaturated/α-hetero) is 1. The first-order valence-corrected chi connectivity index (χ1v) is 8.89. The molecule has 0 saturated heterocycles. The van der Waals surface area contributed by atoms with Crippen molar-refractivity contribution in [3.63, 3.8) is 0 Å². The minimum Gasteiger partial charge on any atom is -0.508 e. The van der Waals surface area contributed by atoms with Crippen molar-refractivity contribution in [3.05, 3.63) is 65.2 Å². The number of aryl methyl sites for hydroxylation is 2. The van der Waals surface area contributed by atoms with Crippen LogP contribution in [-0.2, 0) is 6.42 Å². The van der Waals surface area contributed by atoms with Gasteiger partial charge in [0.25, 0.3) is 0 Å². The first-order valence-electron chi connectivity index (χ1n) is 8.89. The number of phenolic OH excluding ortho intramolecular Hbond substituents is 1. The summed E-state index contributed by atoms with van der Waals surface area (Å²) in [4.78, 5) is 13.1. The van der Waals surface area contributed by atoms with Gasteiger partial charge in [-0.2, -0.15) is 0 Å². The van der Waals surface area contributed by atoms with Crippen molar-refractivity contribution >= 4 is 5.78 Å². The van der Waals surface area contributed by atoms with E-state index < -0.39 is 0 Å². The number of nitrogens with zero attached hydrogens (tertiary/aromatic N) is 1. The molecule has 2 aromatic carbocycles. The van der Waals surface area contributed by atoms with Crippen molar-refractivity contribution < 1.29 is 9.90 Å². The van der Waals surface area contributed by atoms with Gasteiger partial charge in [0.15, 0.2) is 5.78 Å². The van der Waals surface area contributed by atoms with Crippen molar-refractivity contribution in [2.75, 3.05) is 20.6 Å². The molecule has 138 valence electrons. The maximum Gasteiger partial charge on any atom is 0.159 e. The molecular weight excluding hydrogens is 310 g/mol. The van der Waals surface area contributed by atoms with Gasteiger partial charge in [-0.1, -0.05) is 44.2 Å². The summed E-state index contributed by atoms with van der Waals surface area (Å²) in [7, 11) is 4.23. The van der Waals surface area contributed by atoms with E-state index in [1.54, 1.807) is 19.1 Å². The maximum absolute atomic E-state index is 10.8. The molecule has 0 aromatic heterocycles. The lowest BCUT2D eigenvalue weighted by molar-refractivity contribution is 0.101. The summed E-state index contributed by atoms with van der Waals surface area (Å²) in [5.74, 6) is 0.253. The second-order valence-electron chi connectivity index (χ2n) is 5.95. The first-order chi connectivity index (χ1) is 11.9. The number of hydrogen-bond donors (Lipinski definition) is 1. The van der Waals surface area contributed by atoms with Crippen LogP contribution >= 0.6 is 0 Å². The largest absolute Gasteiger partial charge is 0.508 e. The van der Waals surface area contributed by atoms with E-state index in [0.717, 1.165) is 5.56 Å². The van der Waals surface area contributed by atoms with Crippen LogP contribution in [0.1, 0.15) is 48.7 Å². The first kappa shape index (κ1) is 22.9. The van der Waals surface area contributed by atoms with E-state index in [1.807, 2.05) is 13.8 Å². The second-order valence-corrected chi connectivity index (χ2v) is 5.95. The Morgan fingerprint density at radius 2 is 1.64 bits per heavy atom. The van der Waals surface area contributed by atoms with Gasteiger partial charge in [0.1, 0.15) is 5.75 Å². The summed E-state index contributed by atoms with van der Waals surface area (Å²) in [5, 5.41) is 9.11. The molecule has 0 fully saturated rings. The minimum absolute atomic E-state index is 0.0214. The Balaban J connectivity index is 0.000000421. The summed E-state index contributed by atoms with van der Waals surface area (Å²) in [6.45, 7) is 8.45. The van der Waals surface area contributed by atoms with Gasteiger partial charge in [0.2, 0.25) is 0 Å². The smallest absolute Gasteiger partial charge is 0.159 e. The Morgan fingerprint density at radius 3 is 2.12 bits per heavy atom. The van der Waals surface area contributed by atoms with E-state index >= 15 is 0 Å². The average molecular weight is 344 g/mol. The third-order valence-corrected chi connectivity index (χ3v) is 3.52. The van der Waals surface area contributed by atoms with Crippen molar-refractivity contribution in [1.29, 1.82) is 0 Å². The average Bonchev–Trinajstić information content (AvgIpc) is 2.60. The van der Waals surface area contributed by atoms with Crippen molar-refractivity contribution in [2.45, 2.75) is 40.5 Å². The molecule has 3 nitrogen and oxygen atoms in total. The van der Waals surface area contributed by atoms with Gasteiger partial charge in [-0.3, -0.25) is 4.79 Å². The van der Waals surface area contributed by atoms with E-state index in [2.05, 4.69) is 49.3 Å². The highest BCUT2D eigenvalue weighted by atomic mass is 16.3. The molecule has 0 radical (unpaired) electrons. The Hall–Kier alpha value is -2.13. The van der Waals surface area contributed by atoms with Gasteiger partial charge < -0.3 is 10.0 Å². The van der Waals surface area contributed by atoms with Gasteiger partial charge in [0, 0.05) is 5.56 Å². The zero-order chi connectivity index (χ0) is 19.2. The molecular formula is C22H33NO2. The number of ketones is 1. The van der Waals surface area contributed by atoms with Crippen LogP contribution in [0.4, 0.5) is 0 Å². The maximum atomic E-state index is 10.8. The monoisotopic (exact) mass is 343 g/mol. The number of phenols is 1. The number of hydrogen-bond acceptors (Lipinski definition) is 3. The van der Waals surface area contributed by atoms with E-state index in [1.165, 1.54) is 37.9 Å². The highest BCUT2D eigenvalue weighted by Crippen LogP contribution is 2.16. The Labute approximate surface area is 153 Å². The van der Waals surface area contributed by atoms with Crippen molar-refractivity contribution in [1.82, 2.24) is 4.90 Å². The van der Waals surface area contributed by atoms with Crippen LogP contribution in [0, 0.1) is 6.92 Å². The minimum atomic E-state index is 0.0214. The topological polar surface area (TPSA) is 40.5 Å². The van der Waals surface area contributed by atoms with E-state index in [0.29, 0.717) is 5.56 Å². The summed E-state index contributed by atoms with van der Waals surface area (Å²) in [6.07, 6.45) is 2.44. The molecule has 2 rings (SSSR count). The fourth-order valence-electron chi connectivity index (χ4n) is 2.12. The second kappa shape index (κ2) is 13.2. The van der Waals surface area contributed by atoms with Crippen LogP contribution < -0.4 is 0 Å². The van der Waals surface area contributed by atoms with Gasteiger partial charge in [-0.15, -0.1) is 0 Å². The summed E-state index contributed by atoms with van der Waals surface area (Å²) >= 11 is 0.